The second-order valence-corrected chi connectivity index (χ2v) is 3.70. The van der Waals surface area contributed by atoms with Gasteiger partial charge in [0.15, 0.2) is 0 Å². The molecule has 0 saturated heterocycles. The van der Waals surface area contributed by atoms with Crippen LogP contribution in [0.4, 0.5) is 10.2 Å². The zero-order valence-electron chi connectivity index (χ0n) is 8.73. The molecular weight excluding hydrogens is 245 g/mol. The lowest BCUT2D eigenvalue weighted by Crippen LogP contribution is -2.00. The third-order valence-electron chi connectivity index (χ3n) is 2.00. The molecule has 0 aliphatic heterocycles. The third kappa shape index (κ3) is 3.04. The van der Waals surface area contributed by atoms with Crippen LogP contribution in [0.2, 0.25) is 5.02 Å². The quantitative estimate of drug-likeness (QED) is 0.913. The number of halogens is 2. The predicted octanol–water partition coefficient (Wildman–Crippen LogP) is 2.43. The molecular formula is C11H9ClFN3O. The van der Waals surface area contributed by atoms with Gasteiger partial charge in [-0.3, -0.25) is 4.98 Å². The average Bonchev–Trinajstić information content (AvgIpc) is 2.33. The number of aromatic nitrogens is 2. The zero-order valence-corrected chi connectivity index (χ0v) is 9.49. The molecule has 4 nitrogen and oxygen atoms in total. The van der Waals surface area contributed by atoms with Crippen LogP contribution in [0.15, 0.2) is 30.6 Å². The maximum atomic E-state index is 13.1. The summed E-state index contributed by atoms with van der Waals surface area (Å²) in [6, 6.07) is 4.23. The second kappa shape index (κ2) is 4.97. The van der Waals surface area contributed by atoms with Gasteiger partial charge in [0.2, 0.25) is 0 Å². The van der Waals surface area contributed by atoms with Crippen molar-refractivity contribution < 1.29 is 9.13 Å². The first-order chi connectivity index (χ1) is 8.15. The highest BCUT2D eigenvalue weighted by Crippen LogP contribution is 2.20. The minimum absolute atomic E-state index is 0.0598. The average molecular weight is 254 g/mol. The van der Waals surface area contributed by atoms with Crippen LogP contribution in [-0.4, -0.2) is 9.97 Å². The standard InChI is InChI=1S/C11H9ClFN3O/c12-9-2-1-8(3-10(9)13)17-6-7-4-16-11(14)5-15-7/h1-5H,6H2,(H2,14,16). The largest absolute Gasteiger partial charge is 0.487 e. The molecule has 2 N–H and O–H groups in total. The second-order valence-electron chi connectivity index (χ2n) is 3.30. The van der Waals surface area contributed by atoms with Crippen LogP contribution in [0, 0.1) is 5.82 Å². The maximum absolute atomic E-state index is 13.1. The van der Waals surface area contributed by atoms with E-state index in [2.05, 4.69) is 9.97 Å². The highest BCUT2D eigenvalue weighted by Gasteiger charge is 2.02. The number of hydrogen-bond donors (Lipinski definition) is 1. The Labute approximate surface area is 102 Å². The molecule has 0 bridgehead atoms. The van der Waals surface area contributed by atoms with Crippen molar-refractivity contribution in [1.29, 1.82) is 0 Å². The number of nitrogen functional groups attached to an aromatic ring is 1. The molecule has 2 rings (SSSR count). The number of nitrogens with two attached hydrogens (primary N) is 1. The highest BCUT2D eigenvalue weighted by atomic mass is 35.5. The van der Waals surface area contributed by atoms with Crippen LogP contribution in [0.1, 0.15) is 5.69 Å². The molecule has 0 aliphatic rings. The van der Waals surface area contributed by atoms with E-state index in [0.717, 1.165) is 0 Å². The van der Waals surface area contributed by atoms with Crippen LogP contribution in [0.25, 0.3) is 0 Å². The summed E-state index contributed by atoms with van der Waals surface area (Å²) in [4.78, 5) is 7.86. The number of rotatable bonds is 3. The van der Waals surface area contributed by atoms with Crippen LogP contribution >= 0.6 is 11.6 Å². The van der Waals surface area contributed by atoms with Gasteiger partial charge in [0.05, 0.1) is 23.1 Å². The van der Waals surface area contributed by atoms with Crippen LogP contribution < -0.4 is 10.5 Å². The normalized spacial score (nSPS) is 10.2. The predicted molar refractivity (Wildman–Crippen MR) is 62.2 cm³/mol. The molecule has 88 valence electrons. The van der Waals surface area contributed by atoms with Crippen molar-refractivity contribution in [3.63, 3.8) is 0 Å². The fourth-order valence-electron chi connectivity index (χ4n) is 1.16. The molecule has 0 atom stereocenters. The van der Waals surface area contributed by atoms with Gasteiger partial charge in [0.25, 0.3) is 0 Å². The molecule has 2 aromatic rings. The smallest absolute Gasteiger partial charge is 0.145 e. The first-order valence-electron chi connectivity index (χ1n) is 4.79. The van der Waals surface area contributed by atoms with E-state index in [4.69, 9.17) is 22.1 Å². The lowest BCUT2D eigenvalue weighted by Gasteiger charge is -2.06. The summed E-state index contributed by atoms with van der Waals surface area (Å²) in [7, 11) is 0. The topological polar surface area (TPSA) is 61.0 Å². The summed E-state index contributed by atoms with van der Waals surface area (Å²) in [5, 5.41) is 0.0598. The maximum Gasteiger partial charge on any atom is 0.145 e. The lowest BCUT2D eigenvalue weighted by molar-refractivity contribution is 0.299. The lowest BCUT2D eigenvalue weighted by atomic mass is 10.3. The molecule has 1 aromatic carbocycles. The molecule has 1 aromatic heterocycles. The zero-order chi connectivity index (χ0) is 12.3. The number of benzene rings is 1. The Hall–Kier alpha value is -1.88. The van der Waals surface area contributed by atoms with E-state index in [1.807, 2.05) is 0 Å². The minimum atomic E-state index is -0.521. The van der Waals surface area contributed by atoms with Crippen LogP contribution in [-0.2, 0) is 6.61 Å². The molecule has 0 spiro atoms. The molecule has 0 saturated carbocycles. The summed E-state index contributed by atoms with van der Waals surface area (Å²) >= 11 is 5.55. The van der Waals surface area contributed by atoms with Gasteiger partial charge in [0, 0.05) is 6.07 Å². The number of ether oxygens (including phenoxy) is 1. The highest BCUT2D eigenvalue weighted by molar-refractivity contribution is 6.30. The van der Waals surface area contributed by atoms with Crippen molar-refractivity contribution in [2.45, 2.75) is 6.61 Å². The molecule has 17 heavy (non-hydrogen) atoms. The van der Waals surface area contributed by atoms with E-state index in [1.165, 1.54) is 24.5 Å². The summed E-state index contributed by atoms with van der Waals surface area (Å²) in [6.07, 6.45) is 2.93. The fourth-order valence-corrected chi connectivity index (χ4v) is 1.28. The van der Waals surface area contributed by atoms with Gasteiger partial charge in [-0.25, -0.2) is 9.37 Å². The Morgan fingerprint density at radius 2 is 2.12 bits per heavy atom. The van der Waals surface area contributed by atoms with Crippen molar-refractivity contribution in [1.82, 2.24) is 9.97 Å². The van der Waals surface area contributed by atoms with Gasteiger partial charge < -0.3 is 10.5 Å². The SMILES string of the molecule is Nc1cnc(COc2ccc(Cl)c(F)c2)cn1. The summed E-state index contributed by atoms with van der Waals surface area (Å²) in [6.45, 7) is 0.189. The van der Waals surface area contributed by atoms with E-state index < -0.39 is 5.82 Å². The van der Waals surface area contributed by atoms with Gasteiger partial charge in [-0.15, -0.1) is 0 Å². The third-order valence-corrected chi connectivity index (χ3v) is 2.31. The van der Waals surface area contributed by atoms with Crippen molar-refractivity contribution >= 4 is 17.4 Å². The first-order valence-corrected chi connectivity index (χ1v) is 5.17. The Morgan fingerprint density at radius 1 is 1.29 bits per heavy atom. The van der Waals surface area contributed by atoms with Gasteiger partial charge >= 0.3 is 0 Å². The summed E-state index contributed by atoms with van der Waals surface area (Å²) in [5.74, 6) is 0.198. The van der Waals surface area contributed by atoms with Crippen molar-refractivity contribution in [3.05, 3.63) is 47.1 Å². The molecule has 6 heteroatoms. The molecule has 0 amide bonds. The minimum Gasteiger partial charge on any atom is -0.487 e. The van der Waals surface area contributed by atoms with Crippen molar-refractivity contribution in [2.24, 2.45) is 0 Å². The monoisotopic (exact) mass is 253 g/mol. The van der Waals surface area contributed by atoms with Gasteiger partial charge in [0.1, 0.15) is 24.0 Å². The Bertz CT molecular complexity index is 519. The van der Waals surface area contributed by atoms with Crippen LogP contribution in [0.3, 0.4) is 0 Å². The van der Waals surface area contributed by atoms with Crippen molar-refractivity contribution in [2.75, 3.05) is 5.73 Å². The Balaban J connectivity index is 2.02. The van der Waals surface area contributed by atoms with E-state index in [9.17, 15) is 4.39 Å². The number of hydrogen-bond acceptors (Lipinski definition) is 4. The molecule has 0 aliphatic carbocycles. The van der Waals surface area contributed by atoms with Crippen molar-refractivity contribution in [3.8, 4) is 5.75 Å². The Kier molecular flexibility index (Phi) is 3.39. The summed E-state index contributed by atoms with van der Waals surface area (Å²) < 4.78 is 18.4. The number of nitrogens with zero attached hydrogens (tertiary/aromatic N) is 2. The molecule has 1 heterocycles. The molecule has 0 unspecified atom stereocenters. The first kappa shape index (κ1) is 11.6. The molecule has 0 radical (unpaired) electrons. The van der Waals surface area contributed by atoms with Crippen LogP contribution in [0.5, 0.6) is 5.75 Å². The van der Waals surface area contributed by atoms with E-state index in [1.54, 1.807) is 6.07 Å². The van der Waals surface area contributed by atoms with E-state index >= 15 is 0 Å². The summed E-state index contributed by atoms with van der Waals surface area (Å²) in [5.41, 5.74) is 6.00. The fraction of sp³-hybridized carbons (Fsp3) is 0.0909. The molecule has 0 fully saturated rings. The van der Waals surface area contributed by atoms with E-state index in [0.29, 0.717) is 17.3 Å². The Morgan fingerprint density at radius 3 is 2.76 bits per heavy atom. The van der Waals surface area contributed by atoms with Gasteiger partial charge in [-0.05, 0) is 12.1 Å². The number of anilines is 1. The van der Waals surface area contributed by atoms with Gasteiger partial charge in [-0.1, -0.05) is 11.6 Å². The van der Waals surface area contributed by atoms with E-state index in [-0.39, 0.29) is 11.6 Å². The van der Waals surface area contributed by atoms with Gasteiger partial charge in [-0.2, -0.15) is 0 Å².